The molecule has 2 fully saturated rings. The molecule has 33 heavy (non-hydrogen) atoms. The van der Waals surface area contributed by atoms with Crippen molar-refractivity contribution >= 4 is 39.1 Å². The van der Waals surface area contributed by atoms with Crippen molar-refractivity contribution in [3.05, 3.63) is 59.1 Å². The average Bonchev–Trinajstić information content (AvgIpc) is 2.85. The molecule has 0 saturated carbocycles. The Morgan fingerprint density at radius 3 is 2.21 bits per heavy atom. The summed E-state index contributed by atoms with van der Waals surface area (Å²) in [6.45, 7) is 2.08. The van der Waals surface area contributed by atoms with Gasteiger partial charge in [-0.15, -0.1) is 0 Å². The number of carbonyl (C=O) groups excluding carboxylic acids is 2. The smallest absolute Gasteiger partial charge is 0.253 e. The van der Waals surface area contributed by atoms with Crippen molar-refractivity contribution in [2.45, 2.75) is 37.0 Å². The molecule has 2 heterocycles. The van der Waals surface area contributed by atoms with Gasteiger partial charge >= 0.3 is 0 Å². The zero-order valence-corrected chi connectivity index (χ0v) is 19.9. The van der Waals surface area contributed by atoms with Crippen LogP contribution in [0.5, 0.6) is 0 Å². The Kier molecular flexibility index (Phi) is 7.36. The van der Waals surface area contributed by atoms with Gasteiger partial charge in [0.25, 0.3) is 5.91 Å². The molecule has 2 aromatic rings. The van der Waals surface area contributed by atoms with E-state index in [2.05, 4.69) is 5.32 Å². The van der Waals surface area contributed by atoms with E-state index in [4.69, 9.17) is 11.6 Å². The van der Waals surface area contributed by atoms with E-state index in [0.29, 0.717) is 35.7 Å². The molecule has 0 bridgehead atoms. The fraction of sp³-hybridized carbons (Fsp3) is 0.417. The Bertz CT molecular complexity index is 1100. The Hall–Kier alpha value is -2.42. The molecule has 7 nitrogen and oxygen atoms in total. The molecule has 2 saturated heterocycles. The summed E-state index contributed by atoms with van der Waals surface area (Å²) in [6, 6.07) is 12.9. The summed E-state index contributed by atoms with van der Waals surface area (Å²) in [5, 5.41) is 3.34. The molecule has 9 heteroatoms. The maximum absolute atomic E-state index is 13.0. The normalized spacial score (nSPS) is 19.8. The average molecular weight is 490 g/mol. The summed E-state index contributed by atoms with van der Waals surface area (Å²) in [6.07, 6.45) is 4.45. The van der Waals surface area contributed by atoms with Gasteiger partial charge in [0, 0.05) is 42.5 Å². The van der Waals surface area contributed by atoms with E-state index in [1.54, 1.807) is 36.4 Å². The fourth-order valence-corrected chi connectivity index (χ4v) is 6.00. The quantitative estimate of drug-likeness (QED) is 0.687. The third-order valence-corrected chi connectivity index (χ3v) is 8.38. The highest BCUT2D eigenvalue weighted by Crippen LogP contribution is 2.26. The summed E-state index contributed by atoms with van der Waals surface area (Å²) in [5.74, 6) is -0.653. The zero-order valence-electron chi connectivity index (χ0n) is 18.4. The van der Waals surface area contributed by atoms with Crippen molar-refractivity contribution in [3.8, 4) is 0 Å². The molecule has 1 N–H and O–H groups in total. The van der Waals surface area contributed by atoms with Crippen LogP contribution in [-0.2, 0) is 14.8 Å². The largest absolute Gasteiger partial charge is 0.339 e. The number of benzene rings is 2. The number of amides is 2. The fourth-order valence-electron chi connectivity index (χ4n) is 4.35. The first-order chi connectivity index (χ1) is 15.8. The maximum atomic E-state index is 13.0. The van der Waals surface area contributed by atoms with E-state index in [9.17, 15) is 18.0 Å². The van der Waals surface area contributed by atoms with Crippen LogP contribution in [0.1, 0.15) is 42.5 Å². The van der Waals surface area contributed by atoms with Crippen molar-refractivity contribution in [1.29, 1.82) is 0 Å². The molecule has 0 spiro atoms. The van der Waals surface area contributed by atoms with Crippen LogP contribution in [0.15, 0.2) is 53.4 Å². The molecule has 0 radical (unpaired) electrons. The van der Waals surface area contributed by atoms with Gasteiger partial charge in [0.15, 0.2) is 0 Å². The van der Waals surface area contributed by atoms with Gasteiger partial charge in [-0.3, -0.25) is 9.59 Å². The van der Waals surface area contributed by atoms with Crippen molar-refractivity contribution in [2.24, 2.45) is 5.92 Å². The lowest BCUT2D eigenvalue weighted by atomic mass is 9.98. The van der Waals surface area contributed by atoms with Gasteiger partial charge in [-0.1, -0.05) is 11.6 Å². The Morgan fingerprint density at radius 1 is 0.879 bits per heavy atom. The number of rotatable bonds is 5. The molecule has 0 unspecified atom stereocenters. The van der Waals surface area contributed by atoms with Crippen LogP contribution in [0.3, 0.4) is 0 Å². The van der Waals surface area contributed by atoms with E-state index >= 15 is 0 Å². The topological polar surface area (TPSA) is 86.8 Å². The second-order valence-electron chi connectivity index (χ2n) is 8.58. The van der Waals surface area contributed by atoms with Gasteiger partial charge in [0.2, 0.25) is 15.9 Å². The third kappa shape index (κ3) is 5.57. The minimum absolute atomic E-state index is 0.0166. The number of hydrogen-bond donors (Lipinski definition) is 1. The molecular weight excluding hydrogens is 462 g/mol. The van der Waals surface area contributed by atoms with E-state index < -0.39 is 15.9 Å². The Balaban J connectivity index is 1.38. The number of halogens is 1. The summed E-state index contributed by atoms with van der Waals surface area (Å²) in [7, 11) is -3.69. The van der Waals surface area contributed by atoms with Crippen molar-refractivity contribution < 1.29 is 18.0 Å². The van der Waals surface area contributed by atoms with Crippen LogP contribution < -0.4 is 5.32 Å². The second-order valence-corrected chi connectivity index (χ2v) is 10.9. The van der Waals surface area contributed by atoms with E-state index in [1.165, 1.54) is 16.4 Å². The van der Waals surface area contributed by atoms with Crippen molar-refractivity contribution in [1.82, 2.24) is 9.21 Å². The molecule has 1 atom stereocenters. The lowest BCUT2D eigenvalue weighted by molar-refractivity contribution is -0.120. The summed E-state index contributed by atoms with van der Waals surface area (Å²) in [4.78, 5) is 27.5. The third-order valence-electron chi connectivity index (χ3n) is 6.25. The van der Waals surface area contributed by atoms with Crippen molar-refractivity contribution in [2.75, 3.05) is 31.5 Å². The summed E-state index contributed by atoms with van der Waals surface area (Å²) < 4.78 is 27.3. The Morgan fingerprint density at radius 2 is 1.55 bits per heavy atom. The van der Waals surface area contributed by atoms with Crippen LogP contribution in [0.4, 0.5) is 5.69 Å². The summed E-state index contributed by atoms with van der Waals surface area (Å²) in [5.41, 5.74) is 1.20. The van der Waals surface area contributed by atoms with Crippen LogP contribution in [0.2, 0.25) is 5.02 Å². The van der Waals surface area contributed by atoms with Gasteiger partial charge < -0.3 is 10.2 Å². The number of carbonyl (C=O) groups is 2. The number of piperidine rings is 2. The number of hydrogen-bond acceptors (Lipinski definition) is 4. The van der Waals surface area contributed by atoms with Crippen LogP contribution >= 0.6 is 11.6 Å². The molecule has 176 valence electrons. The minimum Gasteiger partial charge on any atom is -0.339 e. The lowest BCUT2D eigenvalue weighted by Crippen LogP contribution is -2.43. The number of anilines is 1. The van der Waals surface area contributed by atoms with Crippen LogP contribution in [0.25, 0.3) is 0 Å². The van der Waals surface area contributed by atoms with Gasteiger partial charge in [-0.25, -0.2) is 8.42 Å². The molecule has 2 amide bonds. The van der Waals surface area contributed by atoms with Gasteiger partial charge in [-0.05, 0) is 80.6 Å². The molecule has 0 aromatic heterocycles. The zero-order chi connectivity index (χ0) is 23.4. The summed E-state index contributed by atoms with van der Waals surface area (Å²) >= 11 is 5.87. The predicted molar refractivity (Wildman–Crippen MR) is 128 cm³/mol. The predicted octanol–water partition coefficient (Wildman–Crippen LogP) is 4.01. The molecule has 2 aliphatic rings. The lowest BCUT2D eigenvalue weighted by Gasteiger charge is -2.31. The van der Waals surface area contributed by atoms with Crippen molar-refractivity contribution in [3.63, 3.8) is 0 Å². The molecule has 0 aliphatic carbocycles. The van der Waals surface area contributed by atoms with Gasteiger partial charge in [-0.2, -0.15) is 4.31 Å². The highest BCUT2D eigenvalue weighted by Gasteiger charge is 2.33. The van der Waals surface area contributed by atoms with Crippen LogP contribution in [-0.4, -0.2) is 55.6 Å². The monoisotopic (exact) mass is 489 g/mol. The number of sulfonamides is 1. The SMILES string of the molecule is O=C(Nc1ccc(C(=O)N2CCCCC2)cc1)[C@@H]1CCCN(S(=O)(=O)c2ccc(Cl)cc2)C1. The van der Waals surface area contributed by atoms with Crippen LogP contribution in [0, 0.1) is 5.92 Å². The number of nitrogens with zero attached hydrogens (tertiary/aromatic N) is 2. The standard InChI is InChI=1S/C24H28ClN3O4S/c25-20-8-12-22(13-9-20)33(31,32)28-16-4-5-19(17-28)23(29)26-21-10-6-18(7-11-21)24(30)27-14-2-1-3-15-27/h6-13,19H,1-5,14-17H2,(H,26,29)/t19-/m1/s1. The van der Waals surface area contributed by atoms with Gasteiger partial charge in [0.05, 0.1) is 10.8 Å². The van der Waals surface area contributed by atoms with E-state index in [-0.39, 0.29) is 23.3 Å². The first kappa shape index (κ1) is 23.7. The molecule has 2 aliphatic heterocycles. The van der Waals surface area contributed by atoms with Gasteiger partial charge in [0.1, 0.15) is 0 Å². The molecular formula is C24H28ClN3O4S. The van der Waals surface area contributed by atoms with E-state index in [1.807, 2.05) is 4.90 Å². The maximum Gasteiger partial charge on any atom is 0.253 e. The number of nitrogens with one attached hydrogen (secondary N) is 1. The number of likely N-dealkylation sites (tertiary alicyclic amines) is 1. The highest BCUT2D eigenvalue weighted by molar-refractivity contribution is 7.89. The first-order valence-corrected chi connectivity index (χ1v) is 13.1. The second kappa shape index (κ2) is 10.2. The Labute approximate surface area is 199 Å². The molecule has 2 aromatic carbocycles. The molecule has 4 rings (SSSR count). The van der Waals surface area contributed by atoms with E-state index in [0.717, 1.165) is 32.4 Å². The first-order valence-electron chi connectivity index (χ1n) is 11.3. The minimum atomic E-state index is -3.69. The highest BCUT2D eigenvalue weighted by atomic mass is 35.5.